The van der Waals surface area contributed by atoms with E-state index in [1.54, 1.807) is 6.07 Å². The van der Waals surface area contributed by atoms with E-state index in [1.807, 2.05) is 44.2 Å². The highest BCUT2D eigenvalue weighted by Crippen LogP contribution is 2.32. The van der Waals surface area contributed by atoms with Crippen LogP contribution in [0.4, 0.5) is 0 Å². The topological polar surface area (TPSA) is 80.4 Å². The summed E-state index contributed by atoms with van der Waals surface area (Å²) >= 11 is 0. The van der Waals surface area contributed by atoms with Crippen molar-refractivity contribution in [1.29, 1.82) is 0 Å². The zero-order chi connectivity index (χ0) is 19.0. The normalized spacial score (nSPS) is 14.0. The molecule has 0 saturated carbocycles. The molecule has 6 heteroatoms. The van der Waals surface area contributed by atoms with E-state index < -0.39 is 5.91 Å². The van der Waals surface area contributed by atoms with E-state index in [0.717, 1.165) is 11.1 Å². The van der Waals surface area contributed by atoms with Gasteiger partial charge in [-0.25, -0.2) is 0 Å². The van der Waals surface area contributed by atoms with Crippen molar-refractivity contribution < 1.29 is 14.3 Å². The Hall–Kier alpha value is -3.28. The highest BCUT2D eigenvalue weighted by Gasteiger charge is 2.18. The lowest BCUT2D eigenvalue weighted by atomic mass is 10.1. The van der Waals surface area contributed by atoms with Crippen molar-refractivity contribution in [2.45, 2.75) is 19.9 Å². The second kappa shape index (κ2) is 6.79. The fourth-order valence-electron chi connectivity index (χ4n) is 3.19. The largest absolute Gasteiger partial charge is 0.486 e. The van der Waals surface area contributed by atoms with Crippen LogP contribution in [0, 0.1) is 6.92 Å². The first kappa shape index (κ1) is 17.1. The van der Waals surface area contributed by atoms with Crippen molar-refractivity contribution in [3.63, 3.8) is 0 Å². The number of aryl methyl sites for hydroxylation is 1. The molecule has 138 valence electrons. The molecule has 1 amide bonds. The number of pyridine rings is 1. The Morgan fingerprint density at radius 3 is 2.70 bits per heavy atom. The zero-order valence-electron chi connectivity index (χ0n) is 15.2. The number of aromatic amines is 1. The Labute approximate surface area is 156 Å². The number of amides is 1. The molecule has 2 N–H and O–H groups in total. The van der Waals surface area contributed by atoms with Gasteiger partial charge in [0.15, 0.2) is 11.5 Å². The van der Waals surface area contributed by atoms with Crippen LogP contribution in [0.1, 0.15) is 34.5 Å². The minimum absolute atomic E-state index is 0.0949. The quantitative estimate of drug-likeness (QED) is 0.748. The van der Waals surface area contributed by atoms with Gasteiger partial charge in [0, 0.05) is 17.1 Å². The Kier molecular flexibility index (Phi) is 4.32. The van der Waals surface area contributed by atoms with Crippen LogP contribution in [0.5, 0.6) is 11.5 Å². The van der Waals surface area contributed by atoms with Crippen LogP contribution in [-0.2, 0) is 0 Å². The fourth-order valence-corrected chi connectivity index (χ4v) is 3.19. The fraction of sp³-hybridized carbons (Fsp3) is 0.238. The lowest BCUT2D eigenvalue weighted by molar-refractivity contribution is 0.0938. The first-order valence-electron chi connectivity index (χ1n) is 8.85. The minimum atomic E-state index is -0.415. The van der Waals surface area contributed by atoms with Crippen molar-refractivity contribution in [2.75, 3.05) is 13.2 Å². The number of carbonyl (C=O) groups is 1. The monoisotopic (exact) mass is 364 g/mol. The highest BCUT2D eigenvalue weighted by molar-refractivity contribution is 5.97. The van der Waals surface area contributed by atoms with Crippen molar-refractivity contribution >= 4 is 16.8 Å². The molecule has 0 aliphatic carbocycles. The van der Waals surface area contributed by atoms with Crippen molar-refractivity contribution in [3.8, 4) is 11.5 Å². The lowest BCUT2D eigenvalue weighted by Crippen LogP contribution is -2.31. The second-order valence-electron chi connectivity index (χ2n) is 6.68. The standard InChI is InChI=1S/C21H20N2O4/c1-12-3-5-17-15(9-12)20(24)16(11-22-17)21(25)23-13(2)14-4-6-18-19(10-14)27-8-7-26-18/h3-6,9-11,13H,7-8H2,1-2H3,(H,22,24)(H,23,25). The van der Waals surface area contributed by atoms with E-state index in [0.29, 0.717) is 35.6 Å². The predicted octanol–water partition coefficient (Wildman–Crippen LogP) is 3.10. The summed E-state index contributed by atoms with van der Waals surface area (Å²) in [6.07, 6.45) is 1.46. The van der Waals surface area contributed by atoms with E-state index >= 15 is 0 Å². The SMILES string of the molecule is Cc1ccc2[nH]cc(C(=O)NC(C)c3ccc4c(c3)OCCO4)c(=O)c2c1. The summed E-state index contributed by atoms with van der Waals surface area (Å²) in [5.74, 6) is 0.950. The Morgan fingerprint density at radius 1 is 1.11 bits per heavy atom. The molecule has 3 aromatic rings. The summed E-state index contributed by atoms with van der Waals surface area (Å²) in [5, 5.41) is 3.39. The minimum Gasteiger partial charge on any atom is -0.486 e. The maximum Gasteiger partial charge on any atom is 0.257 e. The van der Waals surface area contributed by atoms with Gasteiger partial charge in [-0.2, -0.15) is 0 Å². The molecule has 0 bridgehead atoms. The molecule has 0 spiro atoms. The number of hydrogen-bond acceptors (Lipinski definition) is 4. The molecule has 1 atom stereocenters. The molecule has 2 heterocycles. The number of fused-ring (bicyclic) bond motifs is 2. The van der Waals surface area contributed by atoms with Gasteiger partial charge < -0.3 is 19.8 Å². The zero-order valence-corrected chi connectivity index (χ0v) is 15.2. The van der Waals surface area contributed by atoms with E-state index in [1.165, 1.54) is 6.20 Å². The molecular weight excluding hydrogens is 344 g/mol. The summed E-state index contributed by atoms with van der Waals surface area (Å²) in [4.78, 5) is 28.4. The molecule has 27 heavy (non-hydrogen) atoms. The molecule has 0 radical (unpaired) electrons. The summed E-state index contributed by atoms with van der Waals surface area (Å²) in [5.41, 5.74) is 2.37. The Morgan fingerprint density at radius 2 is 1.89 bits per heavy atom. The Balaban J connectivity index is 1.59. The molecule has 0 fully saturated rings. The maximum absolute atomic E-state index is 12.7. The first-order chi connectivity index (χ1) is 13.0. The summed E-state index contributed by atoms with van der Waals surface area (Å²) < 4.78 is 11.1. The number of carbonyl (C=O) groups excluding carboxylic acids is 1. The van der Waals surface area contributed by atoms with E-state index in [4.69, 9.17) is 9.47 Å². The molecule has 0 saturated heterocycles. The molecule has 4 rings (SSSR count). The van der Waals surface area contributed by atoms with Gasteiger partial charge in [-0.15, -0.1) is 0 Å². The third-order valence-corrected chi connectivity index (χ3v) is 4.69. The van der Waals surface area contributed by atoms with Crippen molar-refractivity contribution in [3.05, 3.63) is 69.5 Å². The first-order valence-corrected chi connectivity index (χ1v) is 8.85. The third-order valence-electron chi connectivity index (χ3n) is 4.69. The summed E-state index contributed by atoms with van der Waals surface area (Å²) in [6, 6.07) is 10.8. The average molecular weight is 364 g/mol. The lowest BCUT2D eigenvalue weighted by Gasteiger charge is -2.21. The molecule has 2 aromatic carbocycles. The molecule has 6 nitrogen and oxygen atoms in total. The van der Waals surface area contributed by atoms with Gasteiger partial charge in [0.25, 0.3) is 5.91 Å². The number of H-pyrrole nitrogens is 1. The molecule has 1 unspecified atom stereocenters. The van der Waals surface area contributed by atoms with E-state index in [-0.39, 0.29) is 17.0 Å². The smallest absolute Gasteiger partial charge is 0.257 e. The van der Waals surface area contributed by atoms with Crippen molar-refractivity contribution in [2.24, 2.45) is 0 Å². The number of benzene rings is 2. The van der Waals surface area contributed by atoms with Crippen LogP contribution in [0.3, 0.4) is 0 Å². The molecular formula is C21H20N2O4. The van der Waals surface area contributed by atoms with Gasteiger partial charge in [0.2, 0.25) is 5.43 Å². The number of ether oxygens (including phenoxy) is 2. The van der Waals surface area contributed by atoms with Crippen LogP contribution in [-0.4, -0.2) is 24.1 Å². The summed E-state index contributed by atoms with van der Waals surface area (Å²) in [6.45, 7) is 4.81. The number of hydrogen-bond donors (Lipinski definition) is 2. The maximum atomic E-state index is 12.7. The van der Waals surface area contributed by atoms with Gasteiger partial charge in [-0.05, 0) is 43.7 Å². The third kappa shape index (κ3) is 3.26. The second-order valence-corrected chi connectivity index (χ2v) is 6.68. The van der Waals surface area contributed by atoms with Gasteiger partial charge in [-0.3, -0.25) is 9.59 Å². The average Bonchev–Trinajstić information content (AvgIpc) is 2.68. The van der Waals surface area contributed by atoms with Gasteiger partial charge in [0.1, 0.15) is 18.8 Å². The van der Waals surface area contributed by atoms with Gasteiger partial charge in [-0.1, -0.05) is 17.7 Å². The molecule has 1 aromatic heterocycles. The van der Waals surface area contributed by atoms with Crippen molar-refractivity contribution in [1.82, 2.24) is 10.3 Å². The van der Waals surface area contributed by atoms with Crippen LogP contribution in [0.2, 0.25) is 0 Å². The van der Waals surface area contributed by atoms with E-state index in [2.05, 4.69) is 10.3 Å². The highest BCUT2D eigenvalue weighted by atomic mass is 16.6. The van der Waals surface area contributed by atoms with Crippen LogP contribution in [0.15, 0.2) is 47.4 Å². The van der Waals surface area contributed by atoms with Crippen LogP contribution >= 0.6 is 0 Å². The summed E-state index contributed by atoms with van der Waals surface area (Å²) in [7, 11) is 0. The van der Waals surface area contributed by atoms with Gasteiger partial charge in [0.05, 0.1) is 6.04 Å². The van der Waals surface area contributed by atoms with Crippen LogP contribution in [0.25, 0.3) is 10.9 Å². The number of nitrogens with one attached hydrogen (secondary N) is 2. The van der Waals surface area contributed by atoms with E-state index in [9.17, 15) is 9.59 Å². The molecule has 1 aliphatic heterocycles. The van der Waals surface area contributed by atoms with Crippen LogP contribution < -0.4 is 20.2 Å². The predicted molar refractivity (Wildman–Crippen MR) is 103 cm³/mol. The molecule has 1 aliphatic rings. The van der Waals surface area contributed by atoms with Gasteiger partial charge >= 0.3 is 0 Å². The number of aromatic nitrogens is 1. The number of rotatable bonds is 3. The Bertz CT molecular complexity index is 1090.